The van der Waals surface area contributed by atoms with Gasteiger partial charge in [0.1, 0.15) is 16.0 Å². The second kappa shape index (κ2) is 9.92. The first kappa shape index (κ1) is 24.7. The number of halogens is 1. The number of likely N-dealkylation sites (tertiary alicyclic amines) is 1. The summed E-state index contributed by atoms with van der Waals surface area (Å²) in [6, 6.07) is 12.6. The van der Waals surface area contributed by atoms with Gasteiger partial charge in [-0.25, -0.2) is 14.2 Å². The number of piperidine rings is 1. The summed E-state index contributed by atoms with van der Waals surface area (Å²) in [5, 5.41) is 6.51. The Morgan fingerprint density at radius 2 is 2.05 bits per heavy atom. The number of para-hydroxylation sites is 1. The van der Waals surface area contributed by atoms with Crippen LogP contribution in [-0.2, 0) is 4.79 Å². The van der Waals surface area contributed by atoms with Crippen molar-refractivity contribution in [2.75, 3.05) is 25.0 Å². The van der Waals surface area contributed by atoms with Crippen LogP contribution in [0.25, 0.3) is 0 Å². The molecular formula is C28H28FN5O3S. The molecule has 3 aliphatic heterocycles. The molecule has 0 bridgehead atoms. The molecule has 2 unspecified atom stereocenters. The van der Waals surface area contributed by atoms with Crippen LogP contribution >= 0.6 is 11.8 Å². The maximum absolute atomic E-state index is 14.1. The molecule has 4 heterocycles. The van der Waals surface area contributed by atoms with Gasteiger partial charge in [-0.3, -0.25) is 9.69 Å². The number of hydrogen-bond acceptors (Lipinski definition) is 6. The number of anilines is 2. The quantitative estimate of drug-likeness (QED) is 0.485. The molecular weight excluding hydrogens is 505 g/mol. The van der Waals surface area contributed by atoms with Gasteiger partial charge in [0.15, 0.2) is 11.6 Å². The van der Waals surface area contributed by atoms with Gasteiger partial charge in [-0.1, -0.05) is 23.9 Å². The van der Waals surface area contributed by atoms with Gasteiger partial charge in [0.25, 0.3) is 0 Å². The lowest BCUT2D eigenvalue weighted by Gasteiger charge is -2.35. The summed E-state index contributed by atoms with van der Waals surface area (Å²) >= 11 is 1.40. The minimum Gasteiger partial charge on any atom is -0.454 e. The third-order valence-corrected chi connectivity index (χ3v) is 8.50. The summed E-state index contributed by atoms with van der Waals surface area (Å²) in [5.74, 6) is 0.0667. The average Bonchev–Trinajstić information content (AvgIpc) is 3.26. The largest absolute Gasteiger partial charge is 0.454 e. The van der Waals surface area contributed by atoms with Crippen LogP contribution in [0.1, 0.15) is 30.0 Å². The van der Waals surface area contributed by atoms with Gasteiger partial charge in [0, 0.05) is 24.3 Å². The van der Waals surface area contributed by atoms with E-state index >= 15 is 0 Å². The fraction of sp³-hybridized carbons (Fsp3) is 0.321. The standard InChI is InChI=1S/C28H28FN5O3S/c1-16-14-18(37-22-8-4-3-7-19(22)29)9-10-20(16)34-21-11-12-30-27-23(21)24(32-28(34)36)25(38-27)26(35)31-17-6-5-13-33(2)15-17/h3-4,7-12,14,17,24-25H,5-6,13,15H2,1-2H3,(H,31,35)(H,32,36)/t17?,24?,25-/m1/s1. The van der Waals surface area contributed by atoms with Crippen LogP contribution in [0, 0.1) is 12.7 Å². The number of nitrogens with one attached hydrogen (secondary N) is 2. The van der Waals surface area contributed by atoms with Crippen molar-refractivity contribution in [3.63, 3.8) is 0 Å². The molecule has 0 radical (unpaired) electrons. The SMILES string of the molecule is Cc1cc(Oc2ccccc2F)ccc1N1C(=O)NC2c3c1ccnc3S[C@H]2C(=O)NC1CCCN(C)C1. The lowest BCUT2D eigenvalue weighted by atomic mass is 9.98. The van der Waals surface area contributed by atoms with Crippen LogP contribution in [-0.4, -0.2) is 53.3 Å². The molecule has 1 saturated heterocycles. The van der Waals surface area contributed by atoms with Crippen LogP contribution in [0.4, 0.5) is 20.6 Å². The van der Waals surface area contributed by atoms with Crippen LogP contribution in [0.15, 0.2) is 59.8 Å². The average molecular weight is 534 g/mol. The summed E-state index contributed by atoms with van der Waals surface area (Å²) < 4.78 is 19.8. The topological polar surface area (TPSA) is 86.8 Å². The van der Waals surface area contributed by atoms with E-state index in [9.17, 15) is 14.0 Å². The van der Waals surface area contributed by atoms with Gasteiger partial charge in [0.05, 0.1) is 17.4 Å². The number of thioether (sulfide) groups is 1. The first-order valence-corrected chi connectivity index (χ1v) is 13.5. The van der Waals surface area contributed by atoms with E-state index in [1.807, 2.05) is 13.0 Å². The van der Waals surface area contributed by atoms with Crippen LogP contribution in [0.5, 0.6) is 11.5 Å². The first-order chi connectivity index (χ1) is 18.4. The minimum atomic E-state index is -0.491. The molecule has 8 nitrogen and oxygen atoms in total. The van der Waals surface area contributed by atoms with Crippen molar-refractivity contribution in [3.8, 4) is 11.5 Å². The lowest BCUT2D eigenvalue weighted by Crippen LogP contribution is -2.52. The molecule has 0 aliphatic carbocycles. The zero-order valence-electron chi connectivity index (χ0n) is 21.1. The van der Waals surface area contributed by atoms with E-state index in [1.54, 1.807) is 47.5 Å². The van der Waals surface area contributed by atoms with Crippen molar-refractivity contribution in [2.45, 2.75) is 42.1 Å². The lowest BCUT2D eigenvalue weighted by molar-refractivity contribution is -0.122. The second-order valence-corrected chi connectivity index (χ2v) is 11.1. The summed E-state index contributed by atoms with van der Waals surface area (Å²) in [4.78, 5) is 35.2. The third kappa shape index (κ3) is 4.48. The summed E-state index contributed by atoms with van der Waals surface area (Å²) in [7, 11) is 2.06. The van der Waals surface area contributed by atoms with Crippen molar-refractivity contribution in [1.29, 1.82) is 0 Å². The van der Waals surface area contributed by atoms with Gasteiger partial charge in [0.2, 0.25) is 5.91 Å². The molecule has 196 valence electrons. The maximum atomic E-state index is 14.1. The van der Waals surface area contributed by atoms with Crippen molar-refractivity contribution in [3.05, 3.63) is 71.7 Å². The van der Waals surface area contributed by atoms with E-state index in [4.69, 9.17) is 4.74 Å². The highest BCUT2D eigenvalue weighted by atomic mass is 32.2. The van der Waals surface area contributed by atoms with E-state index in [0.29, 0.717) is 17.1 Å². The monoisotopic (exact) mass is 533 g/mol. The third-order valence-electron chi connectivity index (χ3n) is 7.21. The van der Waals surface area contributed by atoms with E-state index in [1.165, 1.54) is 17.8 Å². The van der Waals surface area contributed by atoms with Crippen molar-refractivity contribution >= 4 is 35.1 Å². The summed E-state index contributed by atoms with van der Waals surface area (Å²) in [6.45, 7) is 3.73. The zero-order chi connectivity index (χ0) is 26.4. The van der Waals surface area contributed by atoms with Gasteiger partial charge in [-0.15, -0.1) is 0 Å². The number of amides is 3. The highest BCUT2D eigenvalue weighted by Gasteiger charge is 2.47. The van der Waals surface area contributed by atoms with Crippen LogP contribution in [0.2, 0.25) is 0 Å². The fourth-order valence-corrected chi connectivity index (χ4v) is 6.66. The molecule has 3 amide bonds. The van der Waals surface area contributed by atoms with Crippen LogP contribution in [0.3, 0.4) is 0 Å². The van der Waals surface area contributed by atoms with E-state index < -0.39 is 17.1 Å². The van der Waals surface area contributed by atoms with Gasteiger partial charge < -0.3 is 20.3 Å². The highest BCUT2D eigenvalue weighted by Crippen LogP contribution is 2.51. The summed E-state index contributed by atoms with van der Waals surface area (Å²) in [5.41, 5.74) is 3.00. The van der Waals surface area contributed by atoms with E-state index in [-0.39, 0.29) is 23.7 Å². The number of benzene rings is 2. The molecule has 38 heavy (non-hydrogen) atoms. The number of urea groups is 1. The first-order valence-electron chi connectivity index (χ1n) is 12.7. The number of nitrogens with zero attached hydrogens (tertiary/aromatic N) is 3. The minimum absolute atomic E-state index is 0.0798. The molecule has 1 aromatic heterocycles. The number of aryl methyl sites for hydroxylation is 1. The molecule has 0 spiro atoms. The Balaban J connectivity index is 1.26. The molecule has 2 N–H and O–H groups in total. The Labute approximate surface area is 224 Å². The molecule has 2 aromatic carbocycles. The molecule has 3 aromatic rings. The van der Waals surface area contributed by atoms with Crippen molar-refractivity contribution < 1.29 is 18.7 Å². The van der Waals surface area contributed by atoms with Gasteiger partial charge in [-0.05, 0) is 75.3 Å². The Hall–Kier alpha value is -3.63. The molecule has 3 aliphatic rings. The van der Waals surface area contributed by atoms with Crippen molar-refractivity contribution in [2.24, 2.45) is 0 Å². The Kier molecular flexibility index (Phi) is 6.45. The smallest absolute Gasteiger partial charge is 0.327 e. The number of likely N-dealkylation sites (N-methyl/N-ethyl adjacent to an activating group) is 1. The maximum Gasteiger partial charge on any atom is 0.327 e. The number of carbonyl (C=O) groups is 2. The van der Waals surface area contributed by atoms with E-state index in [2.05, 4.69) is 27.6 Å². The normalized spacial score (nSPS) is 22.6. The van der Waals surface area contributed by atoms with E-state index in [0.717, 1.165) is 42.1 Å². The van der Waals surface area contributed by atoms with Gasteiger partial charge in [-0.2, -0.15) is 0 Å². The highest BCUT2D eigenvalue weighted by molar-refractivity contribution is 8.01. The number of carbonyl (C=O) groups excluding carboxylic acids is 2. The number of rotatable bonds is 5. The number of pyridine rings is 1. The number of aromatic nitrogens is 1. The predicted molar refractivity (Wildman–Crippen MR) is 144 cm³/mol. The zero-order valence-corrected chi connectivity index (χ0v) is 21.9. The Morgan fingerprint density at radius 3 is 2.84 bits per heavy atom. The molecule has 6 rings (SSSR count). The van der Waals surface area contributed by atoms with Crippen LogP contribution < -0.4 is 20.3 Å². The number of hydrogen-bond donors (Lipinski definition) is 2. The molecule has 0 saturated carbocycles. The molecule has 1 fully saturated rings. The molecule has 10 heteroatoms. The second-order valence-electron chi connectivity index (χ2n) is 9.94. The Bertz CT molecular complexity index is 1420. The molecule has 3 atom stereocenters. The predicted octanol–water partition coefficient (Wildman–Crippen LogP) is 4.91. The van der Waals surface area contributed by atoms with Crippen molar-refractivity contribution in [1.82, 2.24) is 20.5 Å². The fourth-order valence-electron chi connectivity index (χ4n) is 5.43. The number of ether oxygens (including phenoxy) is 1. The van der Waals surface area contributed by atoms with Gasteiger partial charge >= 0.3 is 6.03 Å². The Morgan fingerprint density at radius 1 is 1.21 bits per heavy atom. The summed E-state index contributed by atoms with van der Waals surface area (Å²) in [6.07, 6.45) is 3.67.